The number of aryl methyl sites for hydroxylation is 1. The van der Waals surface area contributed by atoms with Gasteiger partial charge in [0.25, 0.3) is 5.91 Å². The molecule has 0 unspecified atom stereocenters. The summed E-state index contributed by atoms with van der Waals surface area (Å²) in [4.78, 5) is 38.2. The Bertz CT molecular complexity index is 940. The fourth-order valence-corrected chi connectivity index (χ4v) is 3.77. The van der Waals surface area contributed by atoms with Gasteiger partial charge in [-0.1, -0.05) is 23.7 Å². The second-order valence-electron chi connectivity index (χ2n) is 7.57. The Kier molecular flexibility index (Phi) is 8.50. The quantitative estimate of drug-likeness (QED) is 0.495. The highest BCUT2D eigenvalue weighted by atomic mass is 35.5. The van der Waals surface area contributed by atoms with Crippen LogP contribution >= 0.6 is 11.6 Å². The van der Waals surface area contributed by atoms with Gasteiger partial charge in [-0.05, 0) is 68.1 Å². The number of halogens is 1. The molecule has 8 heteroatoms. The summed E-state index contributed by atoms with van der Waals surface area (Å²) in [5, 5.41) is 3.69. The van der Waals surface area contributed by atoms with E-state index in [1.54, 1.807) is 31.2 Å². The number of amides is 2. The Balaban J connectivity index is 1.41. The zero-order valence-corrected chi connectivity index (χ0v) is 18.8. The molecule has 1 aliphatic rings. The summed E-state index contributed by atoms with van der Waals surface area (Å²) >= 11 is 6.00. The van der Waals surface area contributed by atoms with Gasteiger partial charge >= 0.3 is 6.16 Å². The number of carbonyl (C=O) groups is 3. The number of benzene rings is 2. The van der Waals surface area contributed by atoms with Gasteiger partial charge < -0.3 is 19.7 Å². The van der Waals surface area contributed by atoms with Gasteiger partial charge in [0.2, 0.25) is 5.91 Å². The van der Waals surface area contributed by atoms with Crippen molar-refractivity contribution in [1.82, 2.24) is 10.2 Å². The van der Waals surface area contributed by atoms with Crippen molar-refractivity contribution in [1.29, 1.82) is 0 Å². The fourth-order valence-electron chi connectivity index (χ4n) is 3.56. The molecular weight excluding hydrogens is 432 g/mol. The minimum Gasteiger partial charge on any atom is -0.434 e. The van der Waals surface area contributed by atoms with Crippen molar-refractivity contribution in [3.63, 3.8) is 0 Å². The van der Waals surface area contributed by atoms with E-state index < -0.39 is 6.16 Å². The van der Waals surface area contributed by atoms with Crippen LogP contribution in [0.1, 0.15) is 42.1 Å². The Morgan fingerprint density at radius 2 is 1.81 bits per heavy atom. The number of likely N-dealkylation sites (tertiary alicyclic amines) is 1. The van der Waals surface area contributed by atoms with Crippen LogP contribution in [0.2, 0.25) is 5.02 Å². The van der Waals surface area contributed by atoms with Gasteiger partial charge in [0.15, 0.2) is 0 Å². The third-order valence-corrected chi connectivity index (χ3v) is 5.51. The van der Waals surface area contributed by atoms with E-state index in [1.165, 1.54) is 0 Å². The van der Waals surface area contributed by atoms with Gasteiger partial charge in [-0.2, -0.15) is 0 Å². The maximum absolute atomic E-state index is 12.5. The van der Waals surface area contributed by atoms with E-state index in [0.29, 0.717) is 55.1 Å². The molecule has 7 nitrogen and oxygen atoms in total. The lowest BCUT2D eigenvalue weighted by Crippen LogP contribution is -2.46. The molecular formula is C24H27ClN2O5. The van der Waals surface area contributed by atoms with E-state index in [4.69, 9.17) is 21.1 Å². The molecule has 170 valence electrons. The van der Waals surface area contributed by atoms with E-state index in [-0.39, 0.29) is 24.5 Å². The van der Waals surface area contributed by atoms with E-state index in [0.717, 1.165) is 5.56 Å². The minimum atomic E-state index is -0.779. The number of nitrogens with zero attached hydrogens (tertiary/aromatic N) is 1. The lowest BCUT2D eigenvalue weighted by molar-refractivity contribution is -0.132. The van der Waals surface area contributed by atoms with Crippen molar-refractivity contribution >= 4 is 29.6 Å². The number of hydrogen-bond acceptors (Lipinski definition) is 5. The van der Waals surface area contributed by atoms with Crippen LogP contribution in [0.4, 0.5) is 4.79 Å². The third kappa shape index (κ3) is 6.99. The van der Waals surface area contributed by atoms with Crippen LogP contribution in [0, 0.1) is 0 Å². The lowest BCUT2D eigenvalue weighted by atomic mass is 10.0. The summed E-state index contributed by atoms with van der Waals surface area (Å²) in [6, 6.07) is 13.9. The molecule has 0 radical (unpaired) electrons. The molecule has 2 aromatic carbocycles. The standard InChI is InChI=1S/C24H27ClN2O5/c1-2-31-24(30)32-21-9-7-18(8-10-21)23(29)26-20-12-14-27(15-13-20)22(28)11-6-17-4-3-5-19(25)16-17/h3-5,7-10,16,20H,2,6,11-15H2,1H3,(H,26,29). The number of nitrogens with one attached hydrogen (secondary N) is 1. The van der Waals surface area contributed by atoms with Crippen LogP contribution < -0.4 is 10.1 Å². The predicted molar refractivity (Wildman–Crippen MR) is 121 cm³/mol. The first kappa shape index (κ1) is 23.6. The molecule has 1 saturated heterocycles. The van der Waals surface area contributed by atoms with Crippen LogP contribution in [0.25, 0.3) is 0 Å². The van der Waals surface area contributed by atoms with Gasteiger partial charge in [-0.15, -0.1) is 0 Å². The fraction of sp³-hybridized carbons (Fsp3) is 0.375. The highest BCUT2D eigenvalue weighted by molar-refractivity contribution is 6.30. The summed E-state index contributed by atoms with van der Waals surface area (Å²) in [6.45, 7) is 3.15. The molecule has 0 bridgehead atoms. The molecule has 0 aromatic heterocycles. The average molecular weight is 459 g/mol. The normalized spacial score (nSPS) is 14.0. The monoisotopic (exact) mass is 458 g/mol. The molecule has 1 N–H and O–H groups in total. The molecule has 3 rings (SSSR count). The number of rotatable bonds is 7. The summed E-state index contributed by atoms with van der Waals surface area (Å²) in [5.41, 5.74) is 1.52. The zero-order valence-electron chi connectivity index (χ0n) is 18.0. The molecule has 1 aliphatic heterocycles. The number of hydrogen-bond donors (Lipinski definition) is 1. The predicted octanol–water partition coefficient (Wildman–Crippen LogP) is 4.23. The Morgan fingerprint density at radius 1 is 1.09 bits per heavy atom. The largest absolute Gasteiger partial charge is 0.513 e. The topological polar surface area (TPSA) is 84.9 Å². The number of piperidine rings is 1. The van der Waals surface area contributed by atoms with E-state index >= 15 is 0 Å². The highest BCUT2D eigenvalue weighted by Crippen LogP contribution is 2.17. The first-order valence-corrected chi connectivity index (χ1v) is 11.1. The Labute approximate surface area is 192 Å². The molecule has 0 aliphatic carbocycles. The maximum Gasteiger partial charge on any atom is 0.513 e. The van der Waals surface area contributed by atoms with E-state index in [1.807, 2.05) is 29.2 Å². The van der Waals surface area contributed by atoms with Gasteiger partial charge in [-0.25, -0.2) is 4.79 Å². The average Bonchev–Trinajstić information content (AvgIpc) is 2.78. The molecule has 0 saturated carbocycles. The van der Waals surface area contributed by atoms with Gasteiger partial charge in [0.05, 0.1) is 6.61 Å². The van der Waals surface area contributed by atoms with Crippen LogP contribution in [0.15, 0.2) is 48.5 Å². The molecule has 1 fully saturated rings. The van der Waals surface area contributed by atoms with Crippen LogP contribution in [0.5, 0.6) is 5.75 Å². The Hall–Kier alpha value is -3.06. The summed E-state index contributed by atoms with van der Waals surface area (Å²) in [5.74, 6) is 0.231. The van der Waals surface area contributed by atoms with Gasteiger partial charge in [0.1, 0.15) is 5.75 Å². The van der Waals surface area contributed by atoms with E-state index in [2.05, 4.69) is 5.32 Å². The number of ether oxygens (including phenoxy) is 2. The van der Waals surface area contributed by atoms with Crippen molar-refractivity contribution in [2.75, 3.05) is 19.7 Å². The molecule has 32 heavy (non-hydrogen) atoms. The molecule has 0 atom stereocenters. The summed E-state index contributed by atoms with van der Waals surface area (Å²) in [7, 11) is 0. The van der Waals surface area contributed by atoms with Crippen molar-refractivity contribution in [2.24, 2.45) is 0 Å². The molecule has 2 amide bonds. The maximum atomic E-state index is 12.5. The van der Waals surface area contributed by atoms with Gasteiger partial charge in [-0.3, -0.25) is 9.59 Å². The summed E-state index contributed by atoms with van der Waals surface area (Å²) < 4.78 is 9.71. The first-order valence-electron chi connectivity index (χ1n) is 10.7. The van der Waals surface area contributed by atoms with Crippen LogP contribution in [0.3, 0.4) is 0 Å². The van der Waals surface area contributed by atoms with Crippen molar-refractivity contribution in [3.05, 3.63) is 64.7 Å². The number of carbonyl (C=O) groups excluding carboxylic acids is 3. The molecule has 0 spiro atoms. The second kappa shape index (κ2) is 11.5. The highest BCUT2D eigenvalue weighted by Gasteiger charge is 2.24. The zero-order chi connectivity index (χ0) is 22.9. The van der Waals surface area contributed by atoms with E-state index in [9.17, 15) is 14.4 Å². The van der Waals surface area contributed by atoms with Crippen molar-refractivity contribution in [3.8, 4) is 5.75 Å². The molecule has 2 aromatic rings. The SMILES string of the molecule is CCOC(=O)Oc1ccc(C(=O)NC2CCN(C(=O)CCc3cccc(Cl)c3)CC2)cc1. The molecule has 1 heterocycles. The third-order valence-electron chi connectivity index (χ3n) is 5.28. The summed E-state index contributed by atoms with van der Waals surface area (Å²) in [6.07, 6.45) is 1.74. The lowest BCUT2D eigenvalue weighted by Gasteiger charge is -2.32. The van der Waals surface area contributed by atoms with Crippen LogP contribution in [-0.4, -0.2) is 48.6 Å². The van der Waals surface area contributed by atoms with Crippen molar-refractivity contribution < 1.29 is 23.9 Å². The second-order valence-corrected chi connectivity index (χ2v) is 8.00. The van der Waals surface area contributed by atoms with Crippen molar-refractivity contribution in [2.45, 2.75) is 38.6 Å². The minimum absolute atomic E-state index is 0.00920. The smallest absolute Gasteiger partial charge is 0.434 e. The van der Waals surface area contributed by atoms with Crippen LogP contribution in [-0.2, 0) is 16.0 Å². The van der Waals surface area contributed by atoms with Gasteiger partial charge in [0, 0.05) is 36.1 Å². The Morgan fingerprint density at radius 3 is 2.47 bits per heavy atom. The first-order chi connectivity index (χ1) is 15.4.